The minimum Gasteiger partial charge on any atom is -0.482 e. The number of nitrogens with zero attached hydrogens (tertiary/aromatic N) is 4. The number of hydrogen-bond acceptors (Lipinski definition) is 8. The van der Waals surface area contributed by atoms with Crippen LogP contribution in [0.1, 0.15) is 15.6 Å². The van der Waals surface area contributed by atoms with E-state index in [1.165, 1.54) is 21.8 Å². The van der Waals surface area contributed by atoms with Gasteiger partial charge in [-0.15, -0.1) is 21.5 Å². The Kier molecular flexibility index (Phi) is 5.84. The lowest BCUT2D eigenvalue weighted by Crippen LogP contribution is -2.43. The van der Waals surface area contributed by atoms with Crippen LogP contribution >= 0.6 is 22.7 Å². The van der Waals surface area contributed by atoms with Crippen LogP contribution in [0.2, 0.25) is 0 Å². The van der Waals surface area contributed by atoms with E-state index in [1.54, 1.807) is 18.3 Å². The van der Waals surface area contributed by atoms with Crippen molar-refractivity contribution in [3.63, 3.8) is 0 Å². The predicted molar refractivity (Wildman–Crippen MR) is 128 cm³/mol. The lowest BCUT2D eigenvalue weighted by Gasteiger charge is -2.29. The number of benzene rings is 2. The molecule has 10 heteroatoms. The number of aromatic nitrogens is 3. The van der Waals surface area contributed by atoms with Gasteiger partial charge in [-0.1, -0.05) is 41.7 Å². The van der Waals surface area contributed by atoms with Crippen molar-refractivity contribution in [2.45, 2.75) is 13.3 Å². The van der Waals surface area contributed by atoms with E-state index in [4.69, 9.17) is 9.72 Å². The highest BCUT2D eigenvalue weighted by molar-refractivity contribution is 7.15. The van der Waals surface area contributed by atoms with Crippen molar-refractivity contribution < 1.29 is 14.3 Å². The summed E-state index contributed by atoms with van der Waals surface area (Å²) in [5, 5.41) is 14.6. The number of amides is 2. The van der Waals surface area contributed by atoms with E-state index in [0.29, 0.717) is 16.6 Å². The van der Waals surface area contributed by atoms with Gasteiger partial charge >= 0.3 is 0 Å². The van der Waals surface area contributed by atoms with E-state index in [0.717, 1.165) is 27.7 Å². The standard InChI is InChI=1S/C23H19N5O3S2/c1-14-26-27-23(33-14)25-20(29)11-28-18-10-16(7-8-19(18)31-12-22(28)30)17-13-32-21(24-17)9-15-5-3-2-4-6-15/h2-8,10,13H,9,11-12H2,1H3,(H,25,27,29). The molecule has 5 rings (SSSR count). The van der Waals surface area contributed by atoms with Crippen molar-refractivity contribution in [3.8, 4) is 17.0 Å². The van der Waals surface area contributed by atoms with Crippen molar-refractivity contribution in [1.82, 2.24) is 15.2 Å². The zero-order valence-electron chi connectivity index (χ0n) is 17.6. The molecule has 0 atom stereocenters. The maximum Gasteiger partial charge on any atom is 0.265 e. The number of nitrogens with one attached hydrogen (secondary N) is 1. The van der Waals surface area contributed by atoms with Gasteiger partial charge in [0.25, 0.3) is 5.91 Å². The molecule has 0 fully saturated rings. The summed E-state index contributed by atoms with van der Waals surface area (Å²) in [5.74, 6) is -0.0829. The Bertz CT molecular complexity index is 1320. The molecule has 8 nitrogen and oxygen atoms in total. The van der Waals surface area contributed by atoms with Gasteiger partial charge in [0.05, 0.1) is 16.4 Å². The first-order valence-corrected chi connectivity index (χ1v) is 11.9. The average molecular weight is 478 g/mol. The van der Waals surface area contributed by atoms with E-state index in [1.807, 2.05) is 41.8 Å². The summed E-state index contributed by atoms with van der Waals surface area (Å²) in [7, 11) is 0. The first-order chi connectivity index (χ1) is 16.0. The van der Waals surface area contributed by atoms with E-state index in [2.05, 4.69) is 27.6 Å². The van der Waals surface area contributed by atoms with Gasteiger partial charge in [0.2, 0.25) is 11.0 Å². The number of anilines is 2. The molecule has 0 saturated heterocycles. The second-order valence-corrected chi connectivity index (χ2v) is 9.54. The SMILES string of the molecule is Cc1nnc(NC(=O)CN2C(=O)COc3ccc(-c4csc(Cc5ccccc5)n4)cc32)s1. The molecule has 0 aliphatic carbocycles. The summed E-state index contributed by atoms with van der Waals surface area (Å²) < 4.78 is 5.58. The predicted octanol–water partition coefficient (Wildman–Crippen LogP) is 3.92. The smallest absolute Gasteiger partial charge is 0.265 e. The van der Waals surface area contributed by atoms with Crippen LogP contribution in [-0.2, 0) is 16.0 Å². The van der Waals surface area contributed by atoms with Crippen molar-refractivity contribution in [2.24, 2.45) is 0 Å². The first-order valence-electron chi connectivity index (χ1n) is 10.2. The molecule has 166 valence electrons. The van der Waals surface area contributed by atoms with E-state index >= 15 is 0 Å². The number of thiazole rings is 1. The molecule has 0 bridgehead atoms. The molecular weight excluding hydrogens is 458 g/mol. The van der Waals surface area contributed by atoms with Crippen molar-refractivity contribution in [3.05, 3.63) is 69.5 Å². The molecule has 4 aromatic rings. The van der Waals surface area contributed by atoms with E-state index in [9.17, 15) is 9.59 Å². The largest absolute Gasteiger partial charge is 0.482 e. The van der Waals surface area contributed by atoms with Crippen LogP contribution in [0.4, 0.5) is 10.8 Å². The molecule has 1 N–H and O–H groups in total. The number of carbonyl (C=O) groups excluding carboxylic acids is 2. The molecule has 0 unspecified atom stereocenters. The van der Waals surface area contributed by atoms with Gasteiger partial charge in [-0.05, 0) is 30.7 Å². The number of aryl methyl sites for hydroxylation is 1. The number of fused-ring (bicyclic) bond motifs is 1. The highest BCUT2D eigenvalue weighted by Crippen LogP contribution is 2.36. The van der Waals surface area contributed by atoms with Crippen LogP contribution in [0.5, 0.6) is 5.75 Å². The highest BCUT2D eigenvalue weighted by atomic mass is 32.1. The highest BCUT2D eigenvalue weighted by Gasteiger charge is 2.28. The van der Waals surface area contributed by atoms with Crippen LogP contribution in [0.3, 0.4) is 0 Å². The number of ether oxygens (including phenoxy) is 1. The van der Waals surface area contributed by atoms with Crippen molar-refractivity contribution in [1.29, 1.82) is 0 Å². The van der Waals surface area contributed by atoms with Gasteiger partial charge in [-0.3, -0.25) is 19.8 Å². The summed E-state index contributed by atoms with van der Waals surface area (Å²) in [6.45, 7) is 1.55. The molecule has 0 saturated carbocycles. The molecule has 1 aliphatic rings. The molecule has 2 aromatic carbocycles. The number of hydrogen-bond donors (Lipinski definition) is 1. The molecule has 33 heavy (non-hydrogen) atoms. The fraction of sp³-hybridized carbons (Fsp3) is 0.174. The van der Waals surface area contributed by atoms with Crippen LogP contribution in [0.15, 0.2) is 53.9 Å². The fourth-order valence-corrected chi connectivity index (χ4v) is 4.92. The van der Waals surface area contributed by atoms with Crippen LogP contribution < -0.4 is 15.0 Å². The van der Waals surface area contributed by atoms with E-state index in [-0.39, 0.29) is 25.0 Å². The van der Waals surface area contributed by atoms with E-state index < -0.39 is 0 Å². The first kappa shape index (κ1) is 21.2. The Morgan fingerprint density at radius 2 is 2.03 bits per heavy atom. The summed E-state index contributed by atoms with van der Waals surface area (Å²) in [6, 6.07) is 15.8. The normalized spacial score (nSPS) is 12.9. The monoisotopic (exact) mass is 477 g/mol. The van der Waals surface area contributed by atoms with Gasteiger partial charge in [-0.2, -0.15) is 0 Å². The topological polar surface area (TPSA) is 97.3 Å². The van der Waals surface area contributed by atoms with Gasteiger partial charge in [0.1, 0.15) is 17.3 Å². The Labute approximate surface area is 197 Å². The summed E-state index contributed by atoms with van der Waals surface area (Å²) in [6.07, 6.45) is 0.759. The Balaban J connectivity index is 1.37. The summed E-state index contributed by atoms with van der Waals surface area (Å²) >= 11 is 2.87. The second-order valence-electron chi connectivity index (χ2n) is 7.41. The minimum atomic E-state index is -0.350. The van der Waals surface area contributed by atoms with Gasteiger partial charge < -0.3 is 4.74 Å². The Hall–Kier alpha value is -3.63. The lowest BCUT2D eigenvalue weighted by atomic mass is 10.1. The third-order valence-electron chi connectivity index (χ3n) is 5.02. The fourth-order valence-electron chi connectivity index (χ4n) is 3.48. The molecule has 0 spiro atoms. The van der Waals surface area contributed by atoms with Crippen molar-refractivity contribution in [2.75, 3.05) is 23.4 Å². The maximum atomic E-state index is 12.6. The third kappa shape index (κ3) is 4.76. The Morgan fingerprint density at radius 1 is 1.18 bits per heavy atom. The van der Waals surface area contributed by atoms with Crippen LogP contribution in [-0.4, -0.2) is 40.1 Å². The van der Waals surface area contributed by atoms with Crippen molar-refractivity contribution >= 4 is 45.3 Å². The summed E-state index contributed by atoms with van der Waals surface area (Å²) in [5.41, 5.74) is 3.42. The molecular formula is C23H19N5O3S2. The quantitative estimate of drug-likeness (QED) is 0.452. The lowest BCUT2D eigenvalue weighted by molar-refractivity contribution is -0.123. The molecule has 1 aliphatic heterocycles. The van der Waals surface area contributed by atoms with Gasteiger partial charge in [0, 0.05) is 17.4 Å². The van der Waals surface area contributed by atoms with Crippen LogP contribution in [0.25, 0.3) is 11.3 Å². The van der Waals surface area contributed by atoms with Crippen LogP contribution in [0, 0.1) is 6.92 Å². The van der Waals surface area contributed by atoms with Gasteiger partial charge in [-0.25, -0.2) is 4.98 Å². The zero-order chi connectivity index (χ0) is 22.8. The minimum absolute atomic E-state index is 0.116. The second kappa shape index (κ2) is 9.08. The number of carbonyl (C=O) groups is 2. The molecule has 2 aromatic heterocycles. The zero-order valence-corrected chi connectivity index (χ0v) is 19.3. The average Bonchev–Trinajstić information content (AvgIpc) is 3.45. The van der Waals surface area contributed by atoms with Gasteiger partial charge in [0.15, 0.2) is 6.61 Å². The molecule has 3 heterocycles. The summed E-state index contributed by atoms with van der Waals surface area (Å²) in [4.78, 5) is 31.3. The third-order valence-corrected chi connectivity index (χ3v) is 6.62. The molecule has 2 amide bonds. The Morgan fingerprint density at radius 3 is 2.82 bits per heavy atom. The molecule has 0 radical (unpaired) electrons. The number of rotatable bonds is 6. The maximum absolute atomic E-state index is 12.6.